The van der Waals surface area contributed by atoms with E-state index in [4.69, 9.17) is 4.74 Å². The average Bonchev–Trinajstić information content (AvgIpc) is 2.52. The van der Waals surface area contributed by atoms with Gasteiger partial charge in [-0.15, -0.1) is 0 Å². The molecular weight excluding hydrogens is 278 g/mol. The summed E-state index contributed by atoms with van der Waals surface area (Å²) in [6, 6.07) is 11.1. The maximum Gasteiger partial charge on any atom is 0.261 e. The van der Waals surface area contributed by atoms with E-state index in [0.717, 1.165) is 23.4 Å². The SMILES string of the molecule is CCCOc1cccc(-c2ccc(C(C)=O)c(=O)n2CC)c1. The zero-order valence-electron chi connectivity index (χ0n) is 13.3. The number of carbonyl (C=O) groups is 1. The summed E-state index contributed by atoms with van der Waals surface area (Å²) < 4.78 is 7.26. The summed E-state index contributed by atoms with van der Waals surface area (Å²) in [6.07, 6.45) is 0.942. The molecule has 116 valence electrons. The summed E-state index contributed by atoms with van der Waals surface area (Å²) in [4.78, 5) is 23.9. The Morgan fingerprint density at radius 2 is 1.95 bits per heavy atom. The lowest BCUT2D eigenvalue weighted by Crippen LogP contribution is -2.26. The molecule has 0 aliphatic rings. The van der Waals surface area contributed by atoms with E-state index in [9.17, 15) is 9.59 Å². The molecule has 0 spiro atoms. The van der Waals surface area contributed by atoms with Crippen LogP contribution in [0.25, 0.3) is 11.3 Å². The Bertz CT molecular complexity index is 731. The largest absolute Gasteiger partial charge is 0.494 e. The van der Waals surface area contributed by atoms with Crippen LogP contribution in [-0.4, -0.2) is 17.0 Å². The van der Waals surface area contributed by atoms with Gasteiger partial charge in [0.1, 0.15) is 5.75 Å². The molecule has 0 radical (unpaired) electrons. The topological polar surface area (TPSA) is 48.3 Å². The number of ketones is 1. The molecule has 0 aliphatic heterocycles. The van der Waals surface area contributed by atoms with E-state index < -0.39 is 0 Å². The highest BCUT2D eigenvalue weighted by Gasteiger charge is 2.12. The molecule has 0 saturated carbocycles. The summed E-state index contributed by atoms with van der Waals surface area (Å²) in [6.45, 7) is 6.53. The van der Waals surface area contributed by atoms with Crippen LogP contribution in [0, 0.1) is 0 Å². The van der Waals surface area contributed by atoms with E-state index in [2.05, 4.69) is 6.92 Å². The van der Waals surface area contributed by atoms with Crippen molar-refractivity contribution in [1.82, 2.24) is 4.57 Å². The number of nitrogens with zero attached hydrogens (tertiary/aromatic N) is 1. The van der Waals surface area contributed by atoms with Crippen LogP contribution in [0.2, 0.25) is 0 Å². The molecule has 0 N–H and O–H groups in total. The number of Topliss-reactive ketones (excluding diaryl/α,β-unsaturated/α-hetero) is 1. The summed E-state index contributed by atoms with van der Waals surface area (Å²) in [7, 11) is 0. The third kappa shape index (κ3) is 3.27. The molecule has 4 heteroatoms. The summed E-state index contributed by atoms with van der Waals surface area (Å²) in [5, 5.41) is 0. The van der Waals surface area contributed by atoms with Crippen molar-refractivity contribution in [2.24, 2.45) is 0 Å². The fraction of sp³-hybridized carbons (Fsp3) is 0.333. The standard InChI is InChI=1S/C18H21NO3/c1-4-11-22-15-8-6-7-14(12-15)17-10-9-16(13(3)20)18(21)19(17)5-2/h6-10,12H,4-5,11H2,1-3H3. The van der Waals surface area contributed by atoms with Crippen molar-refractivity contribution in [2.75, 3.05) is 6.61 Å². The molecule has 4 nitrogen and oxygen atoms in total. The Labute approximate surface area is 130 Å². The minimum absolute atomic E-state index is 0.209. The van der Waals surface area contributed by atoms with E-state index in [1.165, 1.54) is 6.92 Å². The Balaban J connectivity index is 2.51. The molecule has 0 aliphatic carbocycles. The van der Waals surface area contributed by atoms with Crippen molar-refractivity contribution < 1.29 is 9.53 Å². The van der Waals surface area contributed by atoms with Crippen molar-refractivity contribution in [3.8, 4) is 17.0 Å². The van der Waals surface area contributed by atoms with Gasteiger partial charge in [0.15, 0.2) is 5.78 Å². The van der Waals surface area contributed by atoms with E-state index in [1.807, 2.05) is 37.3 Å². The van der Waals surface area contributed by atoms with Crippen LogP contribution in [0.3, 0.4) is 0 Å². The Kier molecular flexibility index (Phi) is 5.15. The zero-order valence-corrected chi connectivity index (χ0v) is 13.3. The van der Waals surface area contributed by atoms with Crippen molar-refractivity contribution >= 4 is 5.78 Å². The second-order valence-corrected chi connectivity index (χ2v) is 5.11. The summed E-state index contributed by atoms with van der Waals surface area (Å²) >= 11 is 0. The average molecular weight is 299 g/mol. The number of hydrogen-bond donors (Lipinski definition) is 0. The smallest absolute Gasteiger partial charge is 0.261 e. The lowest BCUT2D eigenvalue weighted by Gasteiger charge is -2.13. The van der Waals surface area contributed by atoms with Gasteiger partial charge < -0.3 is 9.30 Å². The van der Waals surface area contributed by atoms with Crippen LogP contribution in [0.4, 0.5) is 0 Å². The van der Waals surface area contributed by atoms with Crippen molar-refractivity contribution in [3.05, 3.63) is 52.3 Å². The third-order valence-corrected chi connectivity index (χ3v) is 3.47. The van der Waals surface area contributed by atoms with E-state index in [0.29, 0.717) is 13.2 Å². The van der Waals surface area contributed by atoms with Crippen molar-refractivity contribution in [2.45, 2.75) is 33.7 Å². The summed E-state index contributed by atoms with van der Waals surface area (Å²) in [5.41, 5.74) is 1.68. The van der Waals surface area contributed by atoms with Crippen LogP contribution in [0.5, 0.6) is 5.75 Å². The number of aromatic nitrogens is 1. The highest BCUT2D eigenvalue weighted by atomic mass is 16.5. The van der Waals surface area contributed by atoms with Gasteiger partial charge in [-0.05, 0) is 44.5 Å². The molecule has 1 aromatic carbocycles. The van der Waals surface area contributed by atoms with Gasteiger partial charge in [0.2, 0.25) is 0 Å². The molecule has 1 aromatic heterocycles. The first kappa shape index (κ1) is 16.0. The minimum atomic E-state index is -0.243. The van der Waals surface area contributed by atoms with Crippen LogP contribution >= 0.6 is 0 Å². The Morgan fingerprint density at radius 1 is 1.18 bits per heavy atom. The molecule has 2 aromatic rings. The molecule has 0 unspecified atom stereocenters. The molecule has 0 fully saturated rings. The molecular formula is C18H21NO3. The number of hydrogen-bond acceptors (Lipinski definition) is 3. The van der Waals surface area contributed by atoms with E-state index in [-0.39, 0.29) is 16.9 Å². The number of carbonyl (C=O) groups excluding carboxylic acids is 1. The molecule has 0 atom stereocenters. The van der Waals surface area contributed by atoms with Gasteiger partial charge in [-0.1, -0.05) is 19.1 Å². The molecule has 0 amide bonds. The van der Waals surface area contributed by atoms with Gasteiger partial charge in [0.05, 0.1) is 17.9 Å². The van der Waals surface area contributed by atoms with Gasteiger partial charge in [-0.3, -0.25) is 9.59 Å². The number of benzene rings is 1. The highest BCUT2D eigenvalue weighted by Crippen LogP contribution is 2.23. The fourth-order valence-electron chi connectivity index (χ4n) is 2.38. The van der Waals surface area contributed by atoms with Gasteiger partial charge in [-0.2, -0.15) is 0 Å². The quantitative estimate of drug-likeness (QED) is 0.767. The predicted molar refractivity (Wildman–Crippen MR) is 87.6 cm³/mol. The first-order valence-electron chi connectivity index (χ1n) is 7.56. The number of rotatable bonds is 6. The molecule has 1 heterocycles. The maximum absolute atomic E-state index is 12.4. The van der Waals surface area contributed by atoms with Gasteiger partial charge in [0, 0.05) is 12.1 Å². The highest BCUT2D eigenvalue weighted by molar-refractivity contribution is 5.94. The van der Waals surface area contributed by atoms with E-state index in [1.54, 1.807) is 10.6 Å². The van der Waals surface area contributed by atoms with Crippen LogP contribution in [-0.2, 0) is 6.54 Å². The fourth-order valence-corrected chi connectivity index (χ4v) is 2.38. The number of pyridine rings is 1. The lowest BCUT2D eigenvalue weighted by atomic mass is 10.1. The molecule has 0 saturated heterocycles. The lowest BCUT2D eigenvalue weighted by molar-refractivity contribution is 0.101. The van der Waals surface area contributed by atoms with Gasteiger partial charge in [-0.25, -0.2) is 0 Å². The molecule has 22 heavy (non-hydrogen) atoms. The first-order chi connectivity index (χ1) is 10.6. The molecule has 2 rings (SSSR count). The summed E-state index contributed by atoms with van der Waals surface area (Å²) in [5.74, 6) is 0.573. The van der Waals surface area contributed by atoms with Crippen LogP contribution < -0.4 is 10.3 Å². The minimum Gasteiger partial charge on any atom is -0.494 e. The second-order valence-electron chi connectivity index (χ2n) is 5.11. The van der Waals surface area contributed by atoms with Gasteiger partial charge >= 0.3 is 0 Å². The Morgan fingerprint density at radius 3 is 2.59 bits per heavy atom. The van der Waals surface area contributed by atoms with Crippen molar-refractivity contribution in [3.63, 3.8) is 0 Å². The van der Waals surface area contributed by atoms with Gasteiger partial charge in [0.25, 0.3) is 5.56 Å². The Hall–Kier alpha value is -2.36. The monoisotopic (exact) mass is 299 g/mol. The van der Waals surface area contributed by atoms with Crippen LogP contribution in [0.1, 0.15) is 37.6 Å². The first-order valence-corrected chi connectivity index (χ1v) is 7.56. The second kappa shape index (κ2) is 7.07. The van der Waals surface area contributed by atoms with E-state index >= 15 is 0 Å². The van der Waals surface area contributed by atoms with Crippen LogP contribution in [0.15, 0.2) is 41.2 Å². The maximum atomic E-state index is 12.4. The zero-order chi connectivity index (χ0) is 16.1. The van der Waals surface area contributed by atoms with Crippen molar-refractivity contribution in [1.29, 1.82) is 0 Å². The number of ether oxygens (including phenoxy) is 1. The normalized spacial score (nSPS) is 10.5. The predicted octanol–water partition coefficient (Wildman–Crippen LogP) is 3.53. The molecule has 0 bridgehead atoms. The third-order valence-electron chi connectivity index (χ3n) is 3.47.